The van der Waals surface area contributed by atoms with Crippen molar-refractivity contribution < 1.29 is 0 Å². The van der Waals surface area contributed by atoms with Crippen molar-refractivity contribution in [1.82, 2.24) is 0 Å². The van der Waals surface area contributed by atoms with Crippen molar-refractivity contribution in [3.05, 3.63) is 24.3 Å². The van der Waals surface area contributed by atoms with E-state index in [2.05, 4.69) is 24.6 Å². The number of nitrogens with zero attached hydrogens (tertiary/aromatic N) is 1. The molecule has 1 heteroatoms. The number of hydrogen-bond donors (Lipinski definition) is 0. The van der Waals surface area contributed by atoms with E-state index in [-0.39, 0.29) is 0 Å². The highest BCUT2D eigenvalue weighted by atomic mass is 14.7. The average Bonchev–Trinajstić information content (AvgIpc) is 2.14. The highest BCUT2D eigenvalue weighted by Crippen LogP contribution is 2.12. The maximum Gasteiger partial charge on any atom is 0.0313 e. The maximum atomic E-state index is 4.13. The fourth-order valence-electron chi connectivity index (χ4n) is 1.24. The summed E-state index contributed by atoms with van der Waals surface area (Å²) in [5.74, 6) is 0. The van der Waals surface area contributed by atoms with Crippen LogP contribution in [-0.4, -0.2) is 12.8 Å². The Morgan fingerprint density at radius 2 is 2.08 bits per heavy atom. The standard InChI is InChI=1S/C12H21N/c1-5-7-9-12(8-6-2)10-11(3)13-4/h5,10H,1,6-9H2,2-4H3/b12-10-,13-11-. The molecule has 0 aromatic heterocycles. The molecule has 0 spiro atoms. The third-order valence-electron chi connectivity index (χ3n) is 2.01. The third-order valence-corrected chi connectivity index (χ3v) is 2.01. The van der Waals surface area contributed by atoms with Gasteiger partial charge < -0.3 is 0 Å². The molecule has 0 unspecified atom stereocenters. The molecule has 13 heavy (non-hydrogen) atoms. The summed E-state index contributed by atoms with van der Waals surface area (Å²) in [4.78, 5) is 4.13. The van der Waals surface area contributed by atoms with Crippen molar-refractivity contribution in [3.63, 3.8) is 0 Å². The lowest BCUT2D eigenvalue weighted by Gasteiger charge is -2.03. The van der Waals surface area contributed by atoms with E-state index in [4.69, 9.17) is 0 Å². The Balaban J connectivity index is 4.21. The van der Waals surface area contributed by atoms with Crippen LogP contribution in [0.2, 0.25) is 0 Å². The van der Waals surface area contributed by atoms with E-state index < -0.39 is 0 Å². The van der Waals surface area contributed by atoms with Crippen LogP contribution in [0.4, 0.5) is 0 Å². The molecule has 0 aromatic carbocycles. The lowest BCUT2D eigenvalue weighted by Crippen LogP contribution is -1.90. The number of hydrogen-bond acceptors (Lipinski definition) is 1. The number of aliphatic imine (C=N–C) groups is 1. The molecule has 0 saturated heterocycles. The van der Waals surface area contributed by atoms with Gasteiger partial charge in [0.2, 0.25) is 0 Å². The molecule has 0 fully saturated rings. The van der Waals surface area contributed by atoms with Crippen LogP contribution in [-0.2, 0) is 0 Å². The smallest absolute Gasteiger partial charge is 0.0313 e. The monoisotopic (exact) mass is 179 g/mol. The second-order valence-electron chi connectivity index (χ2n) is 3.24. The molecule has 0 amide bonds. The van der Waals surface area contributed by atoms with Crippen molar-refractivity contribution in [2.45, 2.75) is 39.5 Å². The van der Waals surface area contributed by atoms with Gasteiger partial charge in [-0.1, -0.05) is 25.0 Å². The molecule has 0 aliphatic rings. The van der Waals surface area contributed by atoms with Crippen molar-refractivity contribution in [3.8, 4) is 0 Å². The van der Waals surface area contributed by atoms with Crippen LogP contribution in [0.3, 0.4) is 0 Å². The SMILES string of the molecule is C=CCC/C(=C\C(C)=N/C)CCC. The molecule has 0 bridgehead atoms. The van der Waals surface area contributed by atoms with E-state index in [1.54, 1.807) is 0 Å². The predicted octanol–water partition coefficient (Wildman–Crippen LogP) is 3.77. The molecule has 0 aliphatic heterocycles. The molecule has 1 nitrogen and oxygen atoms in total. The maximum absolute atomic E-state index is 4.13. The van der Waals surface area contributed by atoms with Gasteiger partial charge >= 0.3 is 0 Å². The van der Waals surface area contributed by atoms with Gasteiger partial charge in [0.15, 0.2) is 0 Å². The lowest BCUT2D eigenvalue weighted by atomic mass is 10.0. The normalized spacial score (nSPS) is 13.2. The molecule has 0 saturated carbocycles. The molecule has 0 aliphatic carbocycles. The minimum atomic E-state index is 1.07. The van der Waals surface area contributed by atoms with Crippen LogP contribution in [0.5, 0.6) is 0 Å². The first-order chi connectivity index (χ1) is 6.24. The third kappa shape index (κ3) is 6.32. The molecule has 74 valence electrons. The van der Waals surface area contributed by atoms with Crippen molar-refractivity contribution >= 4 is 5.71 Å². The van der Waals surface area contributed by atoms with Crippen LogP contribution in [0.1, 0.15) is 39.5 Å². The summed E-state index contributed by atoms with van der Waals surface area (Å²) in [6.45, 7) is 7.99. The zero-order valence-corrected chi connectivity index (χ0v) is 9.14. The van der Waals surface area contributed by atoms with Gasteiger partial charge in [0.1, 0.15) is 0 Å². The zero-order valence-electron chi connectivity index (χ0n) is 9.14. The molecular weight excluding hydrogens is 158 g/mol. The molecular formula is C12H21N. The Labute approximate surface area is 82.3 Å². The van der Waals surface area contributed by atoms with Gasteiger partial charge in [-0.2, -0.15) is 0 Å². The first kappa shape index (κ1) is 12.2. The Hall–Kier alpha value is -0.850. The van der Waals surface area contributed by atoms with Gasteiger partial charge in [0, 0.05) is 12.8 Å². The van der Waals surface area contributed by atoms with E-state index in [0.717, 1.165) is 18.6 Å². The Morgan fingerprint density at radius 1 is 1.38 bits per heavy atom. The second-order valence-corrected chi connectivity index (χ2v) is 3.24. The second kappa shape index (κ2) is 7.78. The van der Waals surface area contributed by atoms with E-state index in [0.29, 0.717) is 0 Å². The van der Waals surface area contributed by atoms with Crippen molar-refractivity contribution in [2.24, 2.45) is 4.99 Å². The van der Waals surface area contributed by atoms with E-state index >= 15 is 0 Å². The number of rotatable bonds is 6. The Bertz CT molecular complexity index is 199. The first-order valence-electron chi connectivity index (χ1n) is 4.98. The van der Waals surface area contributed by atoms with E-state index in [1.165, 1.54) is 18.4 Å². The largest absolute Gasteiger partial charge is 0.293 e. The van der Waals surface area contributed by atoms with Crippen LogP contribution >= 0.6 is 0 Å². The topological polar surface area (TPSA) is 12.4 Å². The van der Waals surface area contributed by atoms with Gasteiger partial charge in [0.05, 0.1) is 0 Å². The summed E-state index contributed by atoms with van der Waals surface area (Å²) in [5.41, 5.74) is 2.61. The quantitative estimate of drug-likeness (QED) is 0.435. The molecule has 0 radical (unpaired) electrons. The minimum absolute atomic E-state index is 1.07. The zero-order chi connectivity index (χ0) is 10.1. The Kier molecular flexibility index (Phi) is 7.27. The Morgan fingerprint density at radius 3 is 2.54 bits per heavy atom. The van der Waals surface area contributed by atoms with Crippen LogP contribution in [0.25, 0.3) is 0 Å². The summed E-state index contributed by atoms with van der Waals surface area (Å²) in [6.07, 6.45) is 8.77. The average molecular weight is 179 g/mol. The van der Waals surface area contributed by atoms with E-state index in [9.17, 15) is 0 Å². The summed E-state index contributed by atoms with van der Waals surface area (Å²) >= 11 is 0. The fraction of sp³-hybridized carbons (Fsp3) is 0.583. The predicted molar refractivity (Wildman–Crippen MR) is 61.5 cm³/mol. The van der Waals surface area contributed by atoms with Crippen LogP contribution in [0, 0.1) is 0 Å². The lowest BCUT2D eigenvalue weighted by molar-refractivity contribution is 0.831. The summed E-state index contributed by atoms with van der Waals surface area (Å²) in [7, 11) is 1.84. The van der Waals surface area contributed by atoms with E-state index in [1.807, 2.05) is 20.0 Å². The van der Waals surface area contributed by atoms with Crippen molar-refractivity contribution in [2.75, 3.05) is 7.05 Å². The van der Waals surface area contributed by atoms with Crippen LogP contribution in [0.15, 0.2) is 29.3 Å². The molecule has 0 aromatic rings. The molecule has 0 rings (SSSR count). The van der Waals surface area contributed by atoms with Crippen molar-refractivity contribution in [1.29, 1.82) is 0 Å². The molecule has 0 atom stereocenters. The fourth-order valence-corrected chi connectivity index (χ4v) is 1.24. The summed E-state index contributed by atoms with van der Waals surface area (Å²) < 4.78 is 0. The van der Waals surface area contributed by atoms with Crippen LogP contribution < -0.4 is 0 Å². The van der Waals surface area contributed by atoms with Gasteiger partial charge in [0.25, 0.3) is 0 Å². The van der Waals surface area contributed by atoms with Gasteiger partial charge in [-0.25, -0.2) is 0 Å². The number of allylic oxidation sites excluding steroid dienone is 3. The highest BCUT2D eigenvalue weighted by molar-refractivity contribution is 5.93. The van der Waals surface area contributed by atoms with Gasteiger partial charge in [-0.3, -0.25) is 4.99 Å². The highest BCUT2D eigenvalue weighted by Gasteiger charge is 1.95. The molecule has 0 heterocycles. The summed E-state index contributed by atoms with van der Waals surface area (Å²) in [5, 5.41) is 0. The van der Waals surface area contributed by atoms with Gasteiger partial charge in [-0.15, -0.1) is 6.58 Å². The summed E-state index contributed by atoms with van der Waals surface area (Å²) in [6, 6.07) is 0. The molecule has 0 N–H and O–H groups in total. The first-order valence-corrected chi connectivity index (χ1v) is 4.98. The van der Waals surface area contributed by atoms with Gasteiger partial charge in [-0.05, 0) is 32.3 Å². The minimum Gasteiger partial charge on any atom is -0.293 e.